The monoisotopic (exact) mass is 342 g/mol. The maximum atomic E-state index is 11.6. The van der Waals surface area contributed by atoms with Crippen LogP contribution in [0.4, 0.5) is 4.53 Å². The van der Waals surface area contributed by atoms with Crippen LogP contribution in [-0.4, -0.2) is 19.8 Å². The molecule has 0 saturated carbocycles. The van der Waals surface area contributed by atoms with Crippen LogP contribution in [0.3, 0.4) is 0 Å². The molecule has 0 N–H and O–H groups in total. The number of hydrogen-bond donors (Lipinski definition) is 0. The lowest BCUT2D eigenvalue weighted by atomic mass is 9.78. The van der Waals surface area contributed by atoms with Crippen molar-refractivity contribution < 1.29 is 18.9 Å². The summed E-state index contributed by atoms with van der Waals surface area (Å²) < 4.78 is 22.5. The molecule has 3 nitrogen and oxygen atoms in total. The first kappa shape index (κ1) is 18.8. The average molecular weight is 342 g/mol. The molecule has 25 heavy (non-hydrogen) atoms. The third-order valence-electron chi connectivity index (χ3n) is 4.11. The molecular formula is C21H23FO3. The second-order valence-corrected chi connectivity index (χ2v) is 6.18. The molecule has 0 spiro atoms. The first-order chi connectivity index (χ1) is 12.1. The minimum absolute atomic E-state index is 0.0478. The molecule has 132 valence electrons. The van der Waals surface area contributed by atoms with Gasteiger partial charge in [-0.15, -0.1) is 6.42 Å². The van der Waals surface area contributed by atoms with Crippen molar-refractivity contribution in [1.82, 2.24) is 0 Å². The Morgan fingerprint density at radius 2 is 1.40 bits per heavy atom. The van der Waals surface area contributed by atoms with Gasteiger partial charge in [0, 0.05) is 11.8 Å². The summed E-state index contributed by atoms with van der Waals surface area (Å²) in [6.45, 7) is 5.07. The standard InChI is InChI=1S/C21H23FO3/c1-4-14-23-19-10-6-17(7-11-19)21(2,3)18-8-12-20(13-9-18)24-15-5-16-25-22/h1,6-13H,5,14-16H2,2-3H3. The number of halogens is 1. The number of rotatable bonds is 9. The van der Waals surface area contributed by atoms with Gasteiger partial charge in [0.15, 0.2) is 0 Å². The van der Waals surface area contributed by atoms with E-state index in [4.69, 9.17) is 15.9 Å². The Balaban J connectivity index is 2.04. The molecule has 0 saturated heterocycles. The second kappa shape index (κ2) is 9.10. The summed E-state index contributed by atoms with van der Waals surface area (Å²) in [5, 5.41) is 0. The van der Waals surface area contributed by atoms with Crippen LogP contribution < -0.4 is 9.47 Å². The van der Waals surface area contributed by atoms with Crippen molar-refractivity contribution in [3.8, 4) is 23.8 Å². The van der Waals surface area contributed by atoms with Gasteiger partial charge in [0.1, 0.15) is 18.1 Å². The van der Waals surface area contributed by atoms with Crippen molar-refractivity contribution in [3.05, 3.63) is 59.7 Å². The molecule has 0 unspecified atom stereocenters. The summed E-state index contributed by atoms with van der Waals surface area (Å²) in [5.41, 5.74) is 2.18. The van der Waals surface area contributed by atoms with Gasteiger partial charge in [-0.3, -0.25) is 0 Å². The van der Waals surface area contributed by atoms with E-state index in [1.54, 1.807) is 0 Å². The van der Waals surface area contributed by atoms with Crippen molar-refractivity contribution in [2.24, 2.45) is 0 Å². The predicted molar refractivity (Wildman–Crippen MR) is 96.5 cm³/mol. The second-order valence-electron chi connectivity index (χ2n) is 6.18. The van der Waals surface area contributed by atoms with Gasteiger partial charge >= 0.3 is 0 Å². The van der Waals surface area contributed by atoms with Crippen LogP contribution in [0.5, 0.6) is 11.5 Å². The van der Waals surface area contributed by atoms with Crippen molar-refractivity contribution >= 4 is 0 Å². The SMILES string of the molecule is C#CCOc1ccc(C(C)(C)c2ccc(OCCCOF)cc2)cc1. The maximum Gasteiger partial charge on any atom is 0.148 e. The fourth-order valence-electron chi connectivity index (χ4n) is 2.53. The van der Waals surface area contributed by atoms with Gasteiger partial charge in [-0.1, -0.05) is 44.0 Å². The zero-order valence-electron chi connectivity index (χ0n) is 14.6. The molecule has 0 amide bonds. The van der Waals surface area contributed by atoms with E-state index in [9.17, 15) is 4.53 Å². The molecule has 0 fully saturated rings. The lowest BCUT2D eigenvalue weighted by Crippen LogP contribution is -2.18. The first-order valence-corrected chi connectivity index (χ1v) is 8.21. The Morgan fingerprint density at radius 1 is 0.880 bits per heavy atom. The Kier molecular flexibility index (Phi) is 6.85. The van der Waals surface area contributed by atoms with E-state index in [0.717, 1.165) is 11.5 Å². The van der Waals surface area contributed by atoms with Gasteiger partial charge in [0.2, 0.25) is 0 Å². The molecule has 2 rings (SSSR count). The number of benzene rings is 2. The summed E-state index contributed by atoms with van der Waals surface area (Å²) in [5.74, 6) is 3.98. The van der Waals surface area contributed by atoms with Crippen LogP contribution in [0.15, 0.2) is 48.5 Å². The molecule has 0 atom stereocenters. The Bertz CT molecular complexity index is 685. The summed E-state index contributed by atoms with van der Waals surface area (Å²) in [6.07, 6.45) is 5.71. The summed E-state index contributed by atoms with van der Waals surface area (Å²) in [7, 11) is 0. The van der Waals surface area contributed by atoms with E-state index in [2.05, 4.69) is 24.7 Å². The number of ether oxygens (including phenoxy) is 2. The molecular weight excluding hydrogens is 319 g/mol. The quantitative estimate of drug-likeness (QED) is 0.488. The highest BCUT2D eigenvalue weighted by Crippen LogP contribution is 2.33. The van der Waals surface area contributed by atoms with Gasteiger partial charge in [-0.05, 0) is 39.9 Å². The van der Waals surface area contributed by atoms with E-state index < -0.39 is 0 Å². The van der Waals surface area contributed by atoms with Crippen LogP contribution >= 0.6 is 0 Å². The van der Waals surface area contributed by atoms with E-state index in [-0.39, 0.29) is 18.6 Å². The van der Waals surface area contributed by atoms with Crippen molar-refractivity contribution in [2.45, 2.75) is 25.7 Å². The Labute approximate surface area is 148 Å². The number of hydrogen-bond acceptors (Lipinski definition) is 3. The highest BCUT2D eigenvalue weighted by Gasteiger charge is 2.23. The Morgan fingerprint density at radius 3 is 1.88 bits per heavy atom. The minimum atomic E-state index is -0.161. The van der Waals surface area contributed by atoms with E-state index in [1.165, 1.54) is 11.1 Å². The molecule has 0 aromatic heterocycles. The topological polar surface area (TPSA) is 27.7 Å². The van der Waals surface area contributed by atoms with Gasteiger partial charge in [-0.25, -0.2) is 0 Å². The van der Waals surface area contributed by atoms with Crippen molar-refractivity contribution in [3.63, 3.8) is 0 Å². The van der Waals surface area contributed by atoms with Gasteiger partial charge in [-0.2, -0.15) is 4.94 Å². The zero-order chi connectivity index (χ0) is 18.1. The highest BCUT2D eigenvalue weighted by atomic mass is 19.3. The van der Waals surface area contributed by atoms with Gasteiger partial charge in [0.25, 0.3) is 0 Å². The fraction of sp³-hybridized carbons (Fsp3) is 0.333. The summed E-state index contributed by atoms with van der Waals surface area (Å²) in [4.78, 5) is 3.52. The van der Waals surface area contributed by atoms with E-state index in [1.807, 2.05) is 48.5 Å². The zero-order valence-corrected chi connectivity index (χ0v) is 14.6. The van der Waals surface area contributed by atoms with Crippen molar-refractivity contribution in [1.29, 1.82) is 0 Å². The highest BCUT2D eigenvalue weighted by molar-refractivity contribution is 5.41. The summed E-state index contributed by atoms with van der Waals surface area (Å²) in [6, 6.07) is 15.9. The molecule has 4 heteroatoms. The molecule has 0 aliphatic heterocycles. The lowest BCUT2D eigenvalue weighted by Gasteiger charge is -2.26. The largest absolute Gasteiger partial charge is 0.494 e. The predicted octanol–water partition coefficient (Wildman–Crippen LogP) is 4.69. The first-order valence-electron chi connectivity index (χ1n) is 8.21. The van der Waals surface area contributed by atoms with E-state index in [0.29, 0.717) is 13.0 Å². The van der Waals surface area contributed by atoms with Crippen LogP contribution in [0.1, 0.15) is 31.4 Å². The summed E-state index contributed by atoms with van der Waals surface area (Å²) >= 11 is 0. The third kappa shape index (κ3) is 5.23. The smallest absolute Gasteiger partial charge is 0.148 e. The number of terminal acetylenes is 1. The Hall–Kier alpha value is -2.51. The normalized spacial score (nSPS) is 11.0. The van der Waals surface area contributed by atoms with Crippen LogP contribution in [0.25, 0.3) is 0 Å². The fourth-order valence-corrected chi connectivity index (χ4v) is 2.53. The van der Waals surface area contributed by atoms with E-state index >= 15 is 0 Å². The van der Waals surface area contributed by atoms with Gasteiger partial charge < -0.3 is 9.47 Å². The molecule has 0 bridgehead atoms. The minimum Gasteiger partial charge on any atom is -0.494 e. The third-order valence-corrected chi connectivity index (χ3v) is 4.11. The molecule has 0 radical (unpaired) electrons. The lowest BCUT2D eigenvalue weighted by molar-refractivity contribution is -0.134. The van der Waals surface area contributed by atoms with Crippen LogP contribution in [0.2, 0.25) is 0 Å². The molecule has 2 aromatic rings. The van der Waals surface area contributed by atoms with Crippen molar-refractivity contribution in [2.75, 3.05) is 19.8 Å². The molecule has 0 aliphatic rings. The maximum absolute atomic E-state index is 11.6. The molecule has 0 heterocycles. The van der Waals surface area contributed by atoms with Gasteiger partial charge in [0.05, 0.1) is 13.2 Å². The van der Waals surface area contributed by atoms with Crippen LogP contribution in [0, 0.1) is 12.3 Å². The van der Waals surface area contributed by atoms with Crippen LogP contribution in [-0.2, 0) is 10.4 Å². The average Bonchev–Trinajstić information content (AvgIpc) is 2.64. The molecule has 0 aliphatic carbocycles. The molecule has 2 aromatic carbocycles.